The fourth-order valence-corrected chi connectivity index (χ4v) is 0.876. The zero-order chi connectivity index (χ0) is 8.43. The molecule has 1 aromatic rings. The second-order valence-corrected chi connectivity index (χ2v) is 2.52. The Bertz CT molecular complexity index is 298. The van der Waals surface area contributed by atoms with Crippen molar-refractivity contribution in [2.45, 2.75) is 6.92 Å². The molecular formula is C7H7ClN2O. The first-order valence-corrected chi connectivity index (χ1v) is 3.42. The number of carbonyl (C=O) groups is 1. The summed E-state index contributed by atoms with van der Waals surface area (Å²) in [4.78, 5) is 14.6. The van der Waals surface area contributed by atoms with Gasteiger partial charge in [-0.2, -0.15) is 0 Å². The number of hydrogen-bond donors (Lipinski definition) is 1. The lowest BCUT2D eigenvalue weighted by atomic mass is 10.2. The molecule has 3 nitrogen and oxygen atoms in total. The predicted octanol–water partition coefficient (Wildman–Crippen LogP) is 1.52. The fraction of sp³-hybridized carbons (Fsp3) is 0.143. The molecule has 0 amide bonds. The first-order valence-electron chi connectivity index (χ1n) is 3.04. The van der Waals surface area contributed by atoms with Crippen LogP contribution in [-0.2, 0) is 0 Å². The van der Waals surface area contributed by atoms with Crippen LogP contribution >= 0.6 is 11.6 Å². The molecule has 0 unspecified atom stereocenters. The molecule has 0 aliphatic heterocycles. The summed E-state index contributed by atoms with van der Waals surface area (Å²) in [5.74, 6) is -0.176. The van der Waals surface area contributed by atoms with Gasteiger partial charge in [0.05, 0.1) is 5.69 Å². The third kappa shape index (κ3) is 1.68. The highest BCUT2D eigenvalue weighted by atomic mass is 35.5. The van der Waals surface area contributed by atoms with Crippen LogP contribution in [0.3, 0.4) is 0 Å². The average Bonchev–Trinajstić information content (AvgIpc) is 1.94. The minimum Gasteiger partial charge on any atom is -0.397 e. The van der Waals surface area contributed by atoms with Gasteiger partial charge in [-0.25, -0.2) is 4.98 Å². The number of nitrogens with zero attached hydrogens (tertiary/aromatic N) is 1. The van der Waals surface area contributed by atoms with Gasteiger partial charge in [-0.1, -0.05) is 11.6 Å². The molecule has 0 aliphatic carbocycles. The van der Waals surface area contributed by atoms with E-state index in [2.05, 4.69) is 4.98 Å². The molecular weight excluding hydrogens is 164 g/mol. The maximum absolute atomic E-state index is 10.8. The molecule has 0 saturated carbocycles. The minimum atomic E-state index is -0.176. The van der Waals surface area contributed by atoms with Crippen LogP contribution in [0.2, 0.25) is 5.15 Å². The van der Waals surface area contributed by atoms with E-state index >= 15 is 0 Å². The SMILES string of the molecule is CC(=O)c1nc(Cl)ccc1N. The van der Waals surface area contributed by atoms with Gasteiger partial charge in [-0.05, 0) is 12.1 Å². The molecule has 58 valence electrons. The summed E-state index contributed by atoms with van der Waals surface area (Å²) in [6, 6.07) is 3.11. The van der Waals surface area contributed by atoms with Crippen molar-refractivity contribution in [1.82, 2.24) is 4.98 Å². The van der Waals surface area contributed by atoms with Crippen molar-refractivity contribution < 1.29 is 4.79 Å². The van der Waals surface area contributed by atoms with Gasteiger partial charge in [-0.3, -0.25) is 4.79 Å². The predicted molar refractivity (Wildman–Crippen MR) is 43.7 cm³/mol. The van der Waals surface area contributed by atoms with E-state index in [1.807, 2.05) is 0 Å². The molecule has 0 aromatic carbocycles. The summed E-state index contributed by atoms with van der Waals surface area (Å²) in [7, 11) is 0. The summed E-state index contributed by atoms with van der Waals surface area (Å²) < 4.78 is 0. The third-order valence-electron chi connectivity index (χ3n) is 1.23. The van der Waals surface area contributed by atoms with Gasteiger partial charge in [0.25, 0.3) is 0 Å². The number of Topliss-reactive ketones (excluding diaryl/α,β-unsaturated/α-hetero) is 1. The number of hydrogen-bond acceptors (Lipinski definition) is 3. The number of rotatable bonds is 1. The highest BCUT2D eigenvalue weighted by Crippen LogP contribution is 2.13. The Morgan fingerprint density at radius 1 is 1.64 bits per heavy atom. The van der Waals surface area contributed by atoms with Crippen molar-refractivity contribution in [3.63, 3.8) is 0 Å². The highest BCUT2D eigenvalue weighted by Gasteiger charge is 2.05. The maximum Gasteiger partial charge on any atom is 0.180 e. The third-order valence-corrected chi connectivity index (χ3v) is 1.44. The van der Waals surface area contributed by atoms with E-state index in [1.54, 1.807) is 12.1 Å². The van der Waals surface area contributed by atoms with Crippen LogP contribution in [0.25, 0.3) is 0 Å². The van der Waals surface area contributed by atoms with Crippen LogP contribution in [0, 0.1) is 0 Å². The van der Waals surface area contributed by atoms with E-state index in [4.69, 9.17) is 17.3 Å². The Morgan fingerprint density at radius 3 is 2.73 bits per heavy atom. The number of anilines is 1. The zero-order valence-corrected chi connectivity index (χ0v) is 6.72. The molecule has 1 aromatic heterocycles. The molecule has 11 heavy (non-hydrogen) atoms. The first kappa shape index (κ1) is 8.01. The molecule has 2 N–H and O–H groups in total. The van der Waals surface area contributed by atoms with Crippen molar-refractivity contribution in [1.29, 1.82) is 0 Å². The van der Waals surface area contributed by atoms with Gasteiger partial charge >= 0.3 is 0 Å². The van der Waals surface area contributed by atoms with Gasteiger partial charge in [-0.15, -0.1) is 0 Å². The van der Waals surface area contributed by atoms with Gasteiger partial charge in [0.2, 0.25) is 0 Å². The minimum absolute atomic E-state index is 0.176. The molecule has 1 rings (SSSR count). The molecule has 0 radical (unpaired) electrons. The summed E-state index contributed by atoms with van der Waals surface area (Å²) in [6.07, 6.45) is 0. The van der Waals surface area contributed by atoms with E-state index < -0.39 is 0 Å². The van der Waals surface area contributed by atoms with Crippen molar-refractivity contribution >= 4 is 23.1 Å². The number of nitrogens with two attached hydrogens (primary N) is 1. The average molecular weight is 171 g/mol. The fourth-order valence-electron chi connectivity index (χ4n) is 0.728. The summed E-state index contributed by atoms with van der Waals surface area (Å²) in [5, 5.41) is 0.282. The monoisotopic (exact) mass is 170 g/mol. The lowest BCUT2D eigenvalue weighted by molar-refractivity contribution is 0.101. The highest BCUT2D eigenvalue weighted by molar-refractivity contribution is 6.29. The summed E-state index contributed by atoms with van der Waals surface area (Å²) in [6.45, 7) is 1.40. The molecule has 0 aliphatic rings. The molecule has 1 heterocycles. The van der Waals surface area contributed by atoms with Crippen LogP contribution in [-0.4, -0.2) is 10.8 Å². The molecule has 0 spiro atoms. The Balaban J connectivity index is 3.23. The smallest absolute Gasteiger partial charge is 0.180 e. The topological polar surface area (TPSA) is 56.0 Å². The van der Waals surface area contributed by atoms with Crippen molar-refractivity contribution in [2.75, 3.05) is 5.73 Å². The van der Waals surface area contributed by atoms with E-state index in [9.17, 15) is 4.79 Å². The van der Waals surface area contributed by atoms with Gasteiger partial charge in [0.15, 0.2) is 5.78 Å². The number of nitrogen functional groups attached to an aromatic ring is 1. The Kier molecular flexibility index (Phi) is 2.10. The Morgan fingerprint density at radius 2 is 2.27 bits per heavy atom. The Hall–Kier alpha value is -1.09. The second-order valence-electron chi connectivity index (χ2n) is 2.13. The second kappa shape index (κ2) is 2.88. The molecule has 0 fully saturated rings. The van der Waals surface area contributed by atoms with Gasteiger partial charge < -0.3 is 5.73 Å². The Labute approximate surface area is 69.2 Å². The lowest BCUT2D eigenvalue weighted by Crippen LogP contribution is -2.02. The van der Waals surface area contributed by atoms with E-state index in [1.165, 1.54) is 6.92 Å². The van der Waals surface area contributed by atoms with E-state index in [0.29, 0.717) is 5.69 Å². The summed E-state index contributed by atoms with van der Waals surface area (Å²) in [5.41, 5.74) is 6.05. The van der Waals surface area contributed by atoms with Gasteiger partial charge in [0.1, 0.15) is 10.8 Å². The van der Waals surface area contributed by atoms with Crippen molar-refractivity contribution in [3.05, 3.63) is 23.0 Å². The van der Waals surface area contributed by atoms with E-state index in [0.717, 1.165) is 0 Å². The largest absolute Gasteiger partial charge is 0.397 e. The van der Waals surface area contributed by atoms with Crippen LogP contribution in [0.1, 0.15) is 17.4 Å². The first-order chi connectivity index (χ1) is 5.11. The number of ketones is 1. The van der Waals surface area contributed by atoms with E-state index in [-0.39, 0.29) is 16.6 Å². The quantitative estimate of drug-likeness (QED) is 0.514. The normalized spacial score (nSPS) is 9.64. The standard InChI is InChI=1S/C7H7ClN2O/c1-4(11)7-5(9)2-3-6(8)10-7/h2-3H,9H2,1H3. The summed E-state index contributed by atoms with van der Waals surface area (Å²) >= 11 is 5.54. The zero-order valence-electron chi connectivity index (χ0n) is 5.97. The number of halogens is 1. The lowest BCUT2D eigenvalue weighted by Gasteiger charge is -1.99. The molecule has 0 atom stereocenters. The van der Waals surface area contributed by atoms with Gasteiger partial charge in [0, 0.05) is 6.92 Å². The van der Waals surface area contributed by atoms with Crippen LogP contribution in [0.4, 0.5) is 5.69 Å². The van der Waals surface area contributed by atoms with Crippen LogP contribution in [0.15, 0.2) is 12.1 Å². The number of aromatic nitrogens is 1. The molecule has 0 bridgehead atoms. The van der Waals surface area contributed by atoms with Crippen LogP contribution < -0.4 is 5.73 Å². The molecule has 0 saturated heterocycles. The van der Waals surface area contributed by atoms with Crippen LogP contribution in [0.5, 0.6) is 0 Å². The number of carbonyl (C=O) groups excluding carboxylic acids is 1. The van der Waals surface area contributed by atoms with Crippen molar-refractivity contribution in [2.24, 2.45) is 0 Å². The number of pyridine rings is 1. The van der Waals surface area contributed by atoms with Crippen molar-refractivity contribution in [3.8, 4) is 0 Å². The maximum atomic E-state index is 10.8. The molecule has 4 heteroatoms.